The van der Waals surface area contributed by atoms with Gasteiger partial charge < -0.3 is 9.47 Å². The number of rotatable bonds is 8. The van der Waals surface area contributed by atoms with Crippen LogP contribution in [0.3, 0.4) is 0 Å². The molecule has 156 valence electrons. The molecule has 2 rings (SSSR count). The Morgan fingerprint density at radius 1 is 1.38 bits per heavy atom. The van der Waals surface area contributed by atoms with Gasteiger partial charge in [-0.1, -0.05) is 30.1 Å². The summed E-state index contributed by atoms with van der Waals surface area (Å²) in [6, 6.07) is 1.19. The summed E-state index contributed by atoms with van der Waals surface area (Å²) in [5.41, 5.74) is -2.05. The first-order chi connectivity index (χ1) is 13.6. The van der Waals surface area contributed by atoms with Crippen LogP contribution in [0.4, 0.5) is 18.9 Å². The summed E-state index contributed by atoms with van der Waals surface area (Å²) < 4.78 is 50.2. The van der Waals surface area contributed by atoms with Crippen LogP contribution < -0.4 is 4.74 Å². The Hall–Kier alpha value is -2.59. The molecule has 1 aromatic heterocycles. The number of hydrogen-bond donors (Lipinski definition) is 0. The summed E-state index contributed by atoms with van der Waals surface area (Å²) in [4.78, 5) is 21.1. The zero-order valence-electron chi connectivity index (χ0n) is 14.6. The first kappa shape index (κ1) is 22.7. The molecule has 0 saturated carbocycles. The molecule has 0 fully saturated rings. The van der Waals surface area contributed by atoms with Crippen molar-refractivity contribution in [1.82, 2.24) is 9.78 Å². The smallest absolute Gasteiger partial charge is 0.416 e. The van der Waals surface area contributed by atoms with Gasteiger partial charge in [0.25, 0.3) is 5.88 Å². The van der Waals surface area contributed by atoms with Gasteiger partial charge in [0.15, 0.2) is 0 Å². The lowest BCUT2D eigenvalue weighted by Crippen LogP contribution is -2.21. The van der Waals surface area contributed by atoms with Crippen molar-refractivity contribution >= 4 is 34.8 Å². The van der Waals surface area contributed by atoms with Crippen LogP contribution in [0.15, 0.2) is 24.4 Å². The molecule has 0 N–H and O–H groups in total. The van der Waals surface area contributed by atoms with Crippen molar-refractivity contribution in [1.29, 1.82) is 0 Å². The highest BCUT2D eigenvalue weighted by Crippen LogP contribution is 2.40. The zero-order valence-corrected chi connectivity index (χ0v) is 16.1. The van der Waals surface area contributed by atoms with Crippen molar-refractivity contribution in [2.75, 3.05) is 6.61 Å². The van der Waals surface area contributed by atoms with E-state index in [0.29, 0.717) is 18.6 Å². The van der Waals surface area contributed by atoms with E-state index in [1.54, 1.807) is 6.92 Å². The predicted octanol–water partition coefficient (Wildman–Crippen LogP) is 4.63. The van der Waals surface area contributed by atoms with E-state index in [1.165, 1.54) is 5.94 Å². The third-order valence-electron chi connectivity index (χ3n) is 3.38. The fraction of sp³-hybridized carbons (Fsp3) is 0.312. The minimum absolute atomic E-state index is 0.145. The molecular weight excluding hydrogens is 442 g/mol. The fourth-order valence-electron chi connectivity index (χ4n) is 2.17. The maximum atomic E-state index is 12.9. The second-order valence-electron chi connectivity index (χ2n) is 5.43. The van der Waals surface area contributed by atoms with Crippen LogP contribution in [0.5, 0.6) is 5.88 Å². The molecule has 29 heavy (non-hydrogen) atoms. The van der Waals surface area contributed by atoms with Gasteiger partial charge in [-0.05, 0) is 18.6 Å². The molecule has 0 bridgehead atoms. The van der Waals surface area contributed by atoms with Gasteiger partial charge in [-0.25, -0.2) is 4.79 Å². The van der Waals surface area contributed by atoms with E-state index in [9.17, 15) is 28.1 Å². The van der Waals surface area contributed by atoms with Crippen LogP contribution in [0.25, 0.3) is 5.69 Å². The van der Waals surface area contributed by atoms with E-state index in [4.69, 9.17) is 32.7 Å². The first-order valence-corrected chi connectivity index (χ1v) is 8.64. The van der Waals surface area contributed by atoms with Crippen LogP contribution in [-0.2, 0) is 15.7 Å². The summed E-state index contributed by atoms with van der Waals surface area (Å²) in [7, 11) is 0. The van der Waals surface area contributed by atoms with Gasteiger partial charge in [0.05, 0.1) is 33.2 Å². The van der Waals surface area contributed by atoms with E-state index in [2.05, 4.69) is 5.10 Å². The molecular formula is C16H12Cl2F3N3O5. The summed E-state index contributed by atoms with van der Waals surface area (Å²) >= 11 is 11.9. The first-order valence-electron chi connectivity index (χ1n) is 7.88. The summed E-state index contributed by atoms with van der Waals surface area (Å²) in [6.45, 7) is 1.92. The maximum absolute atomic E-state index is 12.9. The van der Waals surface area contributed by atoms with Crippen LogP contribution in [0, 0.1) is 10.1 Å². The molecule has 0 saturated heterocycles. The van der Waals surface area contributed by atoms with Gasteiger partial charge in [0, 0.05) is 0 Å². The molecule has 1 atom stereocenters. The number of nitro groups is 1. The minimum atomic E-state index is -4.71. The number of carbonyl (C=O) groups excluding carboxylic acids is 1. The Bertz CT molecular complexity index is 935. The molecule has 0 amide bonds. The number of benzene rings is 1. The predicted molar refractivity (Wildman–Crippen MR) is 96.2 cm³/mol. The van der Waals surface area contributed by atoms with Crippen LogP contribution in [-0.4, -0.2) is 33.5 Å². The molecule has 0 aliphatic heterocycles. The van der Waals surface area contributed by atoms with Crippen molar-refractivity contribution in [3.63, 3.8) is 0 Å². The normalized spacial score (nSPS) is 12.3. The van der Waals surface area contributed by atoms with Gasteiger partial charge in [-0.2, -0.15) is 23.0 Å². The van der Waals surface area contributed by atoms with Gasteiger partial charge in [-0.15, -0.1) is 0 Å². The highest BCUT2D eigenvalue weighted by molar-refractivity contribution is 6.37. The largest absolute Gasteiger partial charge is 0.438 e. The highest BCUT2D eigenvalue weighted by atomic mass is 35.5. The van der Waals surface area contributed by atoms with Crippen LogP contribution >= 0.6 is 23.2 Å². The third-order valence-corrected chi connectivity index (χ3v) is 3.95. The SMILES string of the molecule is CCCOC(C=C=O)Oc1c([N+](=O)[O-])cnn1-c1c(Cl)cc(C(F)(F)F)cc1Cl. The lowest BCUT2D eigenvalue weighted by molar-refractivity contribution is -0.386. The lowest BCUT2D eigenvalue weighted by Gasteiger charge is -2.17. The van der Waals surface area contributed by atoms with Crippen molar-refractivity contribution < 1.29 is 32.4 Å². The average molecular weight is 454 g/mol. The molecule has 13 heteroatoms. The Morgan fingerprint density at radius 3 is 2.48 bits per heavy atom. The summed E-state index contributed by atoms with van der Waals surface area (Å²) in [5, 5.41) is 14.1. The fourth-order valence-corrected chi connectivity index (χ4v) is 2.82. The zero-order chi connectivity index (χ0) is 21.8. The molecule has 1 heterocycles. The third kappa shape index (κ3) is 5.27. The molecule has 2 aromatic rings. The topological polar surface area (TPSA) is 96.5 Å². The summed E-state index contributed by atoms with van der Waals surface area (Å²) in [5.74, 6) is 0.892. The highest BCUT2D eigenvalue weighted by Gasteiger charge is 2.34. The van der Waals surface area contributed by atoms with Crippen LogP contribution in [0.2, 0.25) is 10.0 Å². The van der Waals surface area contributed by atoms with E-state index >= 15 is 0 Å². The molecule has 1 aromatic carbocycles. The maximum Gasteiger partial charge on any atom is 0.416 e. The molecule has 0 aliphatic rings. The monoisotopic (exact) mass is 453 g/mol. The number of halogens is 5. The van der Waals surface area contributed by atoms with Gasteiger partial charge in [-0.3, -0.25) is 10.1 Å². The van der Waals surface area contributed by atoms with Gasteiger partial charge >= 0.3 is 11.9 Å². The number of ether oxygens (including phenoxy) is 2. The van der Waals surface area contributed by atoms with Crippen LogP contribution in [0.1, 0.15) is 18.9 Å². The van der Waals surface area contributed by atoms with E-state index < -0.39 is 44.6 Å². The Balaban J connectivity index is 2.60. The molecule has 0 spiro atoms. The second kappa shape index (κ2) is 9.27. The Labute approximate surface area is 171 Å². The van der Waals surface area contributed by atoms with Crippen molar-refractivity contribution in [3.05, 3.63) is 50.1 Å². The van der Waals surface area contributed by atoms with Crippen molar-refractivity contribution in [3.8, 4) is 11.6 Å². The van der Waals surface area contributed by atoms with E-state index in [1.807, 2.05) is 0 Å². The van der Waals surface area contributed by atoms with Crippen molar-refractivity contribution in [2.24, 2.45) is 0 Å². The standard InChI is InChI=1S/C16H12Cl2F3N3O5/c1-2-5-28-13(3-4-25)29-15-12(24(26)27)8-22-23(15)14-10(17)6-9(7-11(14)18)16(19,20)21/h3,6-8,13H,2,5H2,1H3. The number of aromatic nitrogens is 2. The van der Waals surface area contributed by atoms with Crippen molar-refractivity contribution in [2.45, 2.75) is 25.8 Å². The molecule has 0 radical (unpaired) electrons. The Morgan fingerprint density at radius 2 is 2.00 bits per heavy atom. The lowest BCUT2D eigenvalue weighted by atomic mass is 10.2. The average Bonchev–Trinajstić information content (AvgIpc) is 3.02. The number of nitrogens with zero attached hydrogens (tertiary/aromatic N) is 3. The Kier molecular flexibility index (Phi) is 7.26. The van der Waals surface area contributed by atoms with E-state index in [-0.39, 0.29) is 12.3 Å². The van der Waals surface area contributed by atoms with Gasteiger partial charge in [0.2, 0.25) is 6.29 Å². The quantitative estimate of drug-likeness (QED) is 0.250. The molecule has 1 unspecified atom stereocenters. The summed E-state index contributed by atoms with van der Waals surface area (Å²) in [6.07, 6.45) is -3.92. The molecule has 8 nitrogen and oxygen atoms in total. The van der Waals surface area contributed by atoms with Gasteiger partial charge in [0.1, 0.15) is 17.8 Å². The van der Waals surface area contributed by atoms with E-state index in [0.717, 1.165) is 17.0 Å². The second-order valence-corrected chi connectivity index (χ2v) is 6.25. The number of hydrogen-bond acceptors (Lipinski definition) is 6. The molecule has 0 aliphatic carbocycles. The minimum Gasteiger partial charge on any atom is -0.438 e. The number of alkyl halides is 3.